The summed E-state index contributed by atoms with van der Waals surface area (Å²) in [7, 11) is 8.14. The van der Waals surface area contributed by atoms with Gasteiger partial charge in [-0.15, -0.1) is 0 Å². The van der Waals surface area contributed by atoms with Gasteiger partial charge in [-0.1, -0.05) is 13.3 Å². The zero-order chi connectivity index (χ0) is 13.0. The number of nitrogens with zero attached hydrogens (tertiary/aromatic N) is 5. The van der Waals surface area contributed by atoms with Gasteiger partial charge in [0.1, 0.15) is 6.17 Å². The lowest BCUT2D eigenvalue weighted by atomic mass is 10.3. The van der Waals surface area contributed by atoms with Crippen molar-refractivity contribution in [2.75, 3.05) is 34.7 Å². The van der Waals surface area contributed by atoms with Gasteiger partial charge in [-0.05, 0) is 13.3 Å². The Hall–Kier alpha value is -1.26. The molecule has 1 atom stereocenters. The molecule has 17 heavy (non-hydrogen) atoms. The van der Waals surface area contributed by atoms with Gasteiger partial charge >= 0.3 is 0 Å². The van der Waals surface area contributed by atoms with E-state index in [9.17, 15) is 0 Å². The van der Waals surface area contributed by atoms with E-state index in [0.717, 1.165) is 18.5 Å². The van der Waals surface area contributed by atoms with Crippen molar-refractivity contribution in [3.8, 4) is 0 Å². The fraction of sp³-hybridized carbons (Fsp3) is 0.833. The maximum Gasteiger partial charge on any atom is 0.205 e. The van der Waals surface area contributed by atoms with Crippen molar-refractivity contribution in [1.29, 1.82) is 0 Å². The molecule has 1 unspecified atom stereocenters. The predicted octanol–water partition coefficient (Wildman–Crippen LogP) is 1.28. The minimum atomic E-state index is 0.00248. The average Bonchev–Trinajstić information content (AvgIpc) is 2.28. The maximum absolute atomic E-state index is 4.60. The second-order valence-corrected chi connectivity index (χ2v) is 4.72. The topological polar surface area (TPSA) is 34.4 Å². The summed E-state index contributed by atoms with van der Waals surface area (Å²) < 4.78 is 0. The molecule has 98 valence electrons. The summed E-state index contributed by atoms with van der Waals surface area (Å²) in [5, 5.41) is 0. The summed E-state index contributed by atoms with van der Waals surface area (Å²) in [5.74, 6) is 1.97. The number of hydrogen-bond acceptors (Lipinski definition) is 5. The van der Waals surface area contributed by atoms with E-state index in [4.69, 9.17) is 0 Å². The Morgan fingerprint density at radius 2 is 1.76 bits per heavy atom. The van der Waals surface area contributed by atoms with Gasteiger partial charge in [-0.25, -0.2) is 9.98 Å². The molecular formula is C12H25N5. The van der Waals surface area contributed by atoms with Gasteiger partial charge in [-0.2, -0.15) is 0 Å². The second kappa shape index (κ2) is 5.89. The number of guanidine groups is 2. The lowest BCUT2D eigenvalue weighted by Gasteiger charge is -2.35. The first kappa shape index (κ1) is 13.8. The van der Waals surface area contributed by atoms with Crippen LogP contribution in [0.2, 0.25) is 0 Å². The summed E-state index contributed by atoms with van der Waals surface area (Å²) in [4.78, 5) is 15.4. The predicted molar refractivity (Wildman–Crippen MR) is 73.3 cm³/mol. The fourth-order valence-electron chi connectivity index (χ4n) is 1.89. The highest BCUT2D eigenvalue weighted by Gasteiger charge is 2.23. The molecule has 0 saturated heterocycles. The average molecular weight is 239 g/mol. The molecule has 1 rings (SSSR count). The van der Waals surface area contributed by atoms with Crippen LogP contribution in [0.15, 0.2) is 9.98 Å². The number of hydrogen-bond donors (Lipinski definition) is 0. The summed E-state index contributed by atoms with van der Waals surface area (Å²) in [6.45, 7) is 5.26. The molecule has 5 nitrogen and oxygen atoms in total. The Labute approximate surface area is 105 Å². The SMILES string of the molecule is CCCCN(C)C1=NC(C)N=C(N(C)C)N1C. The molecule has 1 heterocycles. The molecule has 0 aromatic rings. The van der Waals surface area contributed by atoms with E-state index in [-0.39, 0.29) is 6.17 Å². The molecule has 0 saturated carbocycles. The highest BCUT2D eigenvalue weighted by Crippen LogP contribution is 2.10. The summed E-state index contributed by atoms with van der Waals surface area (Å²) in [6.07, 6.45) is 2.39. The van der Waals surface area contributed by atoms with Gasteiger partial charge in [0.15, 0.2) is 0 Å². The third-order valence-electron chi connectivity index (χ3n) is 2.79. The molecule has 0 bridgehead atoms. The lowest BCUT2D eigenvalue weighted by molar-refractivity contribution is 0.402. The van der Waals surface area contributed by atoms with Crippen LogP contribution in [-0.4, -0.2) is 67.5 Å². The van der Waals surface area contributed by atoms with E-state index in [0.29, 0.717) is 0 Å². The van der Waals surface area contributed by atoms with Crippen LogP contribution in [0.1, 0.15) is 26.7 Å². The Bertz CT molecular complexity index is 308. The van der Waals surface area contributed by atoms with Crippen LogP contribution in [0.25, 0.3) is 0 Å². The molecule has 0 radical (unpaired) electrons. The van der Waals surface area contributed by atoms with Gasteiger partial charge in [-0.3, -0.25) is 4.90 Å². The highest BCUT2D eigenvalue weighted by molar-refractivity contribution is 5.99. The molecule has 0 N–H and O–H groups in total. The van der Waals surface area contributed by atoms with Crippen molar-refractivity contribution in [2.24, 2.45) is 9.98 Å². The summed E-state index contributed by atoms with van der Waals surface area (Å²) in [6, 6.07) is 0. The third kappa shape index (κ3) is 3.35. The molecule has 0 amide bonds. The van der Waals surface area contributed by atoms with Crippen LogP contribution in [0, 0.1) is 0 Å². The standard InChI is InChI=1S/C12H25N5/c1-7-8-9-16(5)12-14-10(2)13-11(15(3)4)17(12)6/h10H,7-9H2,1-6H3. The third-order valence-corrected chi connectivity index (χ3v) is 2.79. The quantitative estimate of drug-likeness (QED) is 0.744. The van der Waals surface area contributed by atoms with Gasteiger partial charge in [0.05, 0.1) is 0 Å². The first-order chi connectivity index (χ1) is 7.97. The molecule has 0 fully saturated rings. The fourth-order valence-corrected chi connectivity index (χ4v) is 1.89. The Balaban J connectivity index is 2.79. The largest absolute Gasteiger partial charge is 0.349 e. The summed E-state index contributed by atoms with van der Waals surface area (Å²) >= 11 is 0. The molecule has 5 heteroatoms. The van der Waals surface area contributed by atoms with Gasteiger partial charge in [0.25, 0.3) is 0 Å². The van der Waals surface area contributed by atoms with Crippen molar-refractivity contribution in [2.45, 2.75) is 32.9 Å². The smallest absolute Gasteiger partial charge is 0.205 e. The molecule has 0 aromatic heterocycles. The second-order valence-electron chi connectivity index (χ2n) is 4.72. The van der Waals surface area contributed by atoms with E-state index in [1.54, 1.807) is 0 Å². The van der Waals surface area contributed by atoms with Gasteiger partial charge in [0.2, 0.25) is 11.9 Å². The van der Waals surface area contributed by atoms with E-state index in [1.165, 1.54) is 12.8 Å². The minimum Gasteiger partial charge on any atom is -0.349 e. The van der Waals surface area contributed by atoms with Gasteiger partial charge in [0, 0.05) is 34.7 Å². The first-order valence-electron chi connectivity index (χ1n) is 6.25. The molecule has 0 aliphatic carbocycles. The van der Waals surface area contributed by atoms with Crippen molar-refractivity contribution >= 4 is 11.9 Å². The van der Waals surface area contributed by atoms with Crippen LogP contribution in [0.4, 0.5) is 0 Å². The van der Waals surface area contributed by atoms with Crippen molar-refractivity contribution in [3.05, 3.63) is 0 Å². The van der Waals surface area contributed by atoms with E-state index < -0.39 is 0 Å². The molecular weight excluding hydrogens is 214 g/mol. The van der Waals surface area contributed by atoms with Crippen molar-refractivity contribution < 1.29 is 0 Å². The van der Waals surface area contributed by atoms with Crippen LogP contribution < -0.4 is 0 Å². The van der Waals surface area contributed by atoms with Crippen molar-refractivity contribution in [1.82, 2.24) is 14.7 Å². The van der Waals surface area contributed by atoms with Gasteiger partial charge < -0.3 is 9.80 Å². The molecule has 0 spiro atoms. The Morgan fingerprint density at radius 3 is 2.29 bits per heavy atom. The van der Waals surface area contributed by atoms with Crippen LogP contribution in [0.5, 0.6) is 0 Å². The number of aliphatic imine (C=N–C) groups is 2. The minimum absolute atomic E-state index is 0.00248. The summed E-state index contributed by atoms with van der Waals surface area (Å²) in [5.41, 5.74) is 0. The molecule has 1 aliphatic heterocycles. The number of rotatable bonds is 3. The molecule has 0 aromatic carbocycles. The monoisotopic (exact) mass is 239 g/mol. The van der Waals surface area contributed by atoms with E-state index in [2.05, 4.69) is 33.8 Å². The van der Waals surface area contributed by atoms with Crippen LogP contribution in [-0.2, 0) is 0 Å². The van der Waals surface area contributed by atoms with E-state index in [1.807, 2.05) is 33.0 Å². The first-order valence-corrected chi connectivity index (χ1v) is 6.25. The Morgan fingerprint density at radius 1 is 1.18 bits per heavy atom. The molecule has 1 aliphatic rings. The zero-order valence-corrected chi connectivity index (χ0v) is 11.9. The van der Waals surface area contributed by atoms with Crippen molar-refractivity contribution in [3.63, 3.8) is 0 Å². The van der Waals surface area contributed by atoms with Crippen LogP contribution in [0.3, 0.4) is 0 Å². The maximum atomic E-state index is 4.60. The number of unbranched alkanes of at least 4 members (excludes halogenated alkanes) is 1. The zero-order valence-electron chi connectivity index (χ0n) is 11.9. The lowest BCUT2D eigenvalue weighted by Crippen LogP contribution is -2.51. The van der Waals surface area contributed by atoms with Crippen LogP contribution >= 0.6 is 0 Å². The van der Waals surface area contributed by atoms with E-state index >= 15 is 0 Å². The normalized spacial score (nSPS) is 19.9. The highest BCUT2D eigenvalue weighted by atomic mass is 15.5. The Kier molecular flexibility index (Phi) is 4.78.